The number of hydrogen-bond acceptors (Lipinski definition) is 6. The second kappa shape index (κ2) is 7.16. The summed E-state index contributed by atoms with van der Waals surface area (Å²) in [6.45, 7) is 3.35. The van der Waals surface area contributed by atoms with E-state index in [0.717, 1.165) is 6.07 Å². The third kappa shape index (κ3) is 3.24. The summed E-state index contributed by atoms with van der Waals surface area (Å²) in [6.07, 6.45) is 1.64. The predicted octanol–water partition coefficient (Wildman–Crippen LogP) is 1.85. The van der Waals surface area contributed by atoms with Crippen molar-refractivity contribution in [2.45, 2.75) is 25.5 Å². The van der Waals surface area contributed by atoms with Crippen LogP contribution >= 0.6 is 0 Å². The molecule has 0 unspecified atom stereocenters. The first-order valence-corrected chi connectivity index (χ1v) is 8.90. The Hall–Kier alpha value is -2.65. The van der Waals surface area contributed by atoms with E-state index in [0.29, 0.717) is 37.1 Å². The van der Waals surface area contributed by atoms with E-state index < -0.39 is 17.7 Å². The highest BCUT2D eigenvalue weighted by Crippen LogP contribution is 2.30. The smallest absolute Gasteiger partial charge is 0.168 e. The molecule has 9 heteroatoms. The maximum absolute atomic E-state index is 14.5. The lowest BCUT2D eigenvalue weighted by Gasteiger charge is -2.36. The summed E-state index contributed by atoms with van der Waals surface area (Å²) in [5, 5.41) is 20.8. The molecule has 7 nitrogen and oxygen atoms in total. The SMILES string of the molecule is CC[C@@H](O)[C@@H]1CN(c2nc(-c3n[nH]c4ncccc34)c(F)cc2F)CCN1. The highest BCUT2D eigenvalue weighted by Gasteiger charge is 2.28. The number of aromatic amines is 1. The van der Waals surface area contributed by atoms with Crippen LogP contribution in [0.25, 0.3) is 22.4 Å². The van der Waals surface area contributed by atoms with Gasteiger partial charge >= 0.3 is 0 Å². The minimum Gasteiger partial charge on any atom is -0.391 e. The Morgan fingerprint density at radius 2 is 2.19 bits per heavy atom. The van der Waals surface area contributed by atoms with Gasteiger partial charge in [-0.1, -0.05) is 6.92 Å². The molecule has 0 bridgehead atoms. The average Bonchev–Trinajstić information content (AvgIpc) is 3.11. The monoisotopic (exact) mass is 374 g/mol. The van der Waals surface area contributed by atoms with Crippen LogP contribution in [0.2, 0.25) is 0 Å². The second-order valence-electron chi connectivity index (χ2n) is 6.58. The summed E-state index contributed by atoms with van der Waals surface area (Å²) in [5.74, 6) is -1.46. The number of piperazine rings is 1. The maximum atomic E-state index is 14.5. The zero-order valence-corrected chi connectivity index (χ0v) is 14.8. The van der Waals surface area contributed by atoms with E-state index in [9.17, 15) is 13.9 Å². The van der Waals surface area contributed by atoms with Crippen LogP contribution in [-0.2, 0) is 0 Å². The fourth-order valence-electron chi connectivity index (χ4n) is 3.39. The van der Waals surface area contributed by atoms with Crippen LogP contribution < -0.4 is 10.2 Å². The number of nitrogens with zero attached hydrogens (tertiary/aromatic N) is 4. The number of aromatic nitrogens is 4. The third-order valence-electron chi connectivity index (χ3n) is 4.86. The Bertz CT molecular complexity index is 962. The first-order valence-electron chi connectivity index (χ1n) is 8.90. The van der Waals surface area contributed by atoms with Gasteiger partial charge in [0.25, 0.3) is 0 Å². The zero-order chi connectivity index (χ0) is 19.0. The van der Waals surface area contributed by atoms with E-state index in [1.807, 2.05) is 6.92 Å². The second-order valence-corrected chi connectivity index (χ2v) is 6.58. The molecule has 27 heavy (non-hydrogen) atoms. The van der Waals surface area contributed by atoms with Crippen molar-refractivity contribution in [2.24, 2.45) is 0 Å². The lowest BCUT2D eigenvalue weighted by Crippen LogP contribution is -2.56. The normalized spacial score (nSPS) is 18.8. The molecule has 0 saturated carbocycles. The van der Waals surface area contributed by atoms with Gasteiger partial charge < -0.3 is 15.3 Å². The number of halogens is 2. The molecule has 0 aromatic carbocycles. The topological polar surface area (TPSA) is 90.0 Å². The molecule has 4 heterocycles. The van der Waals surface area contributed by atoms with Crippen LogP contribution in [0.5, 0.6) is 0 Å². The molecule has 142 valence electrons. The van der Waals surface area contributed by atoms with Crippen molar-refractivity contribution in [3.63, 3.8) is 0 Å². The van der Waals surface area contributed by atoms with Gasteiger partial charge in [-0.15, -0.1) is 0 Å². The number of hydrogen-bond donors (Lipinski definition) is 3. The van der Waals surface area contributed by atoms with E-state index in [1.165, 1.54) is 0 Å². The molecule has 4 rings (SSSR count). The number of aliphatic hydroxyl groups is 1. The molecular weight excluding hydrogens is 354 g/mol. The number of nitrogens with one attached hydrogen (secondary N) is 2. The van der Waals surface area contributed by atoms with Crippen LogP contribution in [0, 0.1) is 11.6 Å². The average molecular weight is 374 g/mol. The molecule has 1 saturated heterocycles. The molecule has 3 aromatic heterocycles. The van der Waals surface area contributed by atoms with Crippen molar-refractivity contribution in [1.29, 1.82) is 0 Å². The van der Waals surface area contributed by atoms with E-state index in [2.05, 4.69) is 25.5 Å². The van der Waals surface area contributed by atoms with Crippen LogP contribution in [0.1, 0.15) is 13.3 Å². The van der Waals surface area contributed by atoms with Crippen molar-refractivity contribution >= 4 is 16.9 Å². The Kier molecular flexibility index (Phi) is 4.71. The maximum Gasteiger partial charge on any atom is 0.168 e. The first kappa shape index (κ1) is 17.7. The van der Waals surface area contributed by atoms with Crippen molar-refractivity contribution in [2.75, 3.05) is 24.5 Å². The predicted molar refractivity (Wildman–Crippen MR) is 97.3 cm³/mol. The highest BCUT2D eigenvalue weighted by molar-refractivity contribution is 5.89. The molecule has 0 radical (unpaired) electrons. The molecule has 1 fully saturated rings. The number of H-pyrrole nitrogens is 1. The number of aliphatic hydroxyl groups excluding tert-OH is 1. The van der Waals surface area contributed by atoms with Crippen molar-refractivity contribution < 1.29 is 13.9 Å². The minimum absolute atomic E-state index is 0.0308. The van der Waals surface area contributed by atoms with Crippen molar-refractivity contribution in [3.8, 4) is 11.4 Å². The summed E-state index contributed by atoms with van der Waals surface area (Å²) >= 11 is 0. The van der Waals surface area contributed by atoms with E-state index >= 15 is 0 Å². The lowest BCUT2D eigenvalue weighted by atomic mass is 10.1. The van der Waals surface area contributed by atoms with Crippen LogP contribution in [0.15, 0.2) is 24.4 Å². The molecule has 0 amide bonds. The van der Waals surface area contributed by atoms with Gasteiger partial charge in [0, 0.05) is 37.3 Å². The first-order chi connectivity index (χ1) is 13.1. The molecule has 0 spiro atoms. The molecule has 2 atom stereocenters. The van der Waals surface area contributed by atoms with Crippen LogP contribution in [0.3, 0.4) is 0 Å². The molecular formula is C18H20F2N6O. The van der Waals surface area contributed by atoms with Gasteiger partial charge in [-0.2, -0.15) is 5.10 Å². The summed E-state index contributed by atoms with van der Waals surface area (Å²) < 4.78 is 29.0. The minimum atomic E-state index is -0.784. The molecule has 3 N–H and O–H groups in total. The fourth-order valence-corrected chi connectivity index (χ4v) is 3.39. The van der Waals surface area contributed by atoms with Crippen LogP contribution in [0.4, 0.5) is 14.6 Å². The van der Waals surface area contributed by atoms with Gasteiger partial charge in [-0.05, 0) is 18.6 Å². The summed E-state index contributed by atoms with van der Waals surface area (Å²) in [7, 11) is 0. The lowest BCUT2D eigenvalue weighted by molar-refractivity contribution is 0.120. The van der Waals surface area contributed by atoms with E-state index in [1.54, 1.807) is 23.2 Å². The van der Waals surface area contributed by atoms with Crippen molar-refractivity contribution in [1.82, 2.24) is 25.5 Å². The van der Waals surface area contributed by atoms with Gasteiger partial charge in [0.15, 0.2) is 23.1 Å². The largest absolute Gasteiger partial charge is 0.391 e. The molecule has 0 aliphatic carbocycles. The van der Waals surface area contributed by atoms with Gasteiger partial charge in [0.05, 0.1) is 12.1 Å². The third-order valence-corrected chi connectivity index (χ3v) is 4.86. The Balaban J connectivity index is 1.74. The van der Waals surface area contributed by atoms with E-state index in [4.69, 9.17) is 0 Å². The van der Waals surface area contributed by atoms with Gasteiger partial charge in [0.2, 0.25) is 0 Å². The van der Waals surface area contributed by atoms with Gasteiger partial charge in [-0.25, -0.2) is 18.7 Å². The number of anilines is 1. The van der Waals surface area contributed by atoms with E-state index in [-0.39, 0.29) is 23.2 Å². The standard InChI is InChI=1S/C18H20F2N6O/c1-2-14(27)13-9-26(7-6-21-13)18-12(20)8-11(19)16(23-18)15-10-4-3-5-22-17(10)25-24-15/h3-5,8,13-14,21,27H,2,6-7,9H2,1H3,(H,22,24,25)/t13-,14+/m0/s1. The fraction of sp³-hybridized carbons (Fsp3) is 0.389. The molecule has 3 aromatic rings. The summed E-state index contributed by atoms with van der Waals surface area (Å²) in [6, 6.07) is 4.11. The number of rotatable bonds is 4. The zero-order valence-electron chi connectivity index (χ0n) is 14.8. The number of fused-ring (bicyclic) bond motifs is 1. The highest BCUT2D eigenvalue weighted by atomic mass is 19.1. The molecule has 1 aliphatic heterocycles. The summed E-state index contributed by atoms with van der Waals surface area (Å²) in [5.41, 5.74) is 0.766. The Morgan fingerprint density at radius 3 is 3.00 bits per heavy atom. The molecule has 1 aliphatic rings. The van der Waals surface area contributed by atoms with Gasteiger partial charge in [0.1, 0.15) is 11.4 Å². The van der Waals surface area contributed by atoms with Gasteiger partial charge in [-0.3, -0.25) is 5.10 Å². The quantitative estimate of drug-likeness (QED) is 0.646. The Morgan fingerprint density at radius 1 is 1.33 bits per heavy atom. The Labute approximate surface area is 154 Å². The summed E-state index contributed by atoms with van der Waals surface area (Å²) in [4.78, 5) is 10.1. The number of pyridine rings is 2. The van der Waals surface area contributed by atoms with Crippen LogP contribution in [-0.4, -0.2) is 57.1 Å². The van der Waals surface area contributed by atoms with Crippen molar-refractivity contribution in [3.05, 3.63) is 36.0 Å².